The molecule has 6 nitrogen and oxygen atoms in total. The lowest BCUT2D eigenvalue weighted by molar-refractivity contribution is 0.0714. The zero-order valence-corrected chi connectivity index (χ0v) is 19.5. The predicted octanol–water partition coefficient (Wildman–Crippen LogP) is 5.27. The summed E-state index contributed by atoms with van der Waals surface area (Å²) in [7, 11) is 0. The van der Waals surface area contributed by atoms with Crippen LogP contribution in [0.5, 0.6) is 5.75 Å². The van der Waals surface area contributed by atoms with E-state index in [1.54, 1.807) is 24.5 Å². The Labute approximate surface area is 202 Å². The van der Waals surface area contributed by atoms with Crippen molar-refractivity contribution in [2.24, 2.45) is 10.8 Å². The van der Waals surface area contributed by atoms with Gasteiger partial charge in [-0.2, -0.15) is 5.10 Å². The van der Waals surface area contributed by atoms with E-state index in [0.717, 1.165) is 32.8 Å². The van der Waals surface area contributed by atoms with E-state index in [0.29, 0.717) is 23.4 Å². The van der Waals surface area contributed by atoms with Crippen molar-refractivity contribution in [3.05, 3.63) is 106 Å². The predicted molar refractivity (Wildman–Crippen MR) is 135 cm³/mol. The summed E-state index contributed by atoms with van der Waals surface area (Å²) in [6.45, 7) is 2.55. The van der Waals surface area contributed by atoms with E-state index in [2.05, 4.69) is 24.0 Å². The quantitative estimate of drug-likeness (QED) is 0.417. The third-order valence-corrected chi connectivity index (χ3v) is 7.12. The fourth-order valence-electron chi connectivity index (χ4n) is 4.26. The number of hydrazone groups is 1. The molecule has 0 radical (unpaired) electrons. The highest BCUT2D eigenvalue weighted by atomic mass is 32.1. The van der Waals surface area contributed by atoms with Crippen molar-refractivity contribution < 1.29 is 9.90 Å². The van der Waals surface area contributed by atoms with Crippen LogP contribution in [0.15, 0.2) is 84.2 Å². The highest BCUT2D eigenvalue weighted by molar-refractivity contribution is 7.17. The number of phenolic OH excluding ortho intramolecular Hbond substituents is 1. The van der Waals surface area contributed by atoms with Gasteiger partial charge in [-0.15, -0.1) is 11.3 Å². The number of carbonyl (C=O) groups is 1. The number of aromatic nitrogens is 1. The minimum absolute atomic E-state index is 0.149. The number of hydrogen-bond acceptors (Lipinski definition) is 6. The molecule has 2 aromatic carbocycles. The van der Waals surface area contributed by atoms with Gasteiger partial charge >= 0.3 is 0 Å². The van der Waals surface area contributed by atoms with Gasteiger partial charge in [0.05, 0.1) is 16.6 Å². The van der Waals surface area contributed by atoms with E-state index in [1.165, 1.54) is 16.3 Å². The fourth-order valence-corrected chi connectivity index (χ4v) is 5.29. The highest BCUT2D eigenvalue weighted by Gasteiger charge is 2.35. The number of para-hydroxylation sites is 1. The van der Waals surface area contributed by atoms with Crippen LogP contribution in [-0.2, 0) is 6.54 Å². The first-order valence-electron chi connectivity index (χ1n) is 11.0. The van der Waals surface area contributed by atoms with Gasteiger partial charge in [-0.25, -0.2) is 5.01 Å². The molecule has 2 aromatic heterocycles. The molecule has 0 bridgehead atoms. The van der Waals surface area contributed by atoms with Crippen LogP contribution >= 0.6 is 11.3 Å². The van der Waals surface area contributed by atoms with Gasteiger partial charge in [0, 0.05) is 41.4 Å². The molecule has 3 N–H and O–H groups in total. The summed E-state index contributed by atoms with van der Waals surface area (Å²) in [6.07, 6.45) is 3.94. The van der Waals surface area contributed by atoms with Crippen LogP contribution in [0.4, 0.5) is 0 Å². The second-order valence-corrected chi connectivity index (χ2v) is 9.32. The number of thiophene rings is 1. The van der Waals surface area contributed by atoms with Crippen molar-refractivity contribution in [1.29, 1.82) is 0 Å². The second-order valence-electron chi connectivity index (χ2n) is 8.23. The van der Waals surface area contributed by atoms with Crippen molar-refractivity contribution in [3.63, 3.8) is 0 Å². The molecule has 7 heteroatoms. The van der Waals surface area contributed by atoms with Gasteiger partial charge in [-0.1, -0.05) is 42.5 Å². The summed E-state index contributed by atoms with van der Waals surface area (Å²) in [5.41, 5.74) is 11.3. The van der Waals surface area contributed by atoms with Crippen molar-refractivity contribution in [1.82, 2.24) is 9.99 Å². The molecule has 0 aliphatic carbocycles. The van der Waals surface area contributed by atoms with Crippen molar-refractivity contribution >= 4 is 23.0 Å². The van der Waals surface area contributed by atoms with E-state index in [-0.39, 0.29) is 11.7 Å². The normalized spacial score (nSPS) is 15.4. The Bertz CT molecular complexity index is 1380. The number of rotatable bonds is 5. The monoisotopic (exact) mass is 468 g/mol. The smallest absolute Gasteiger partial charge is 0.284 e. The summed E-state index contributed by atoms with van der Waals surface area (Å²) in [5.74, 6) is -0.0463. The maximum absolute atomic E-state index is 13.7. The third-order valence-electron chi connectivity index (χ3n) is 6.02. The molecule has 0 saturated heterocycles. The van der Waals surface area contributed by atoms with Crippen LogP contribution in [0, 0.1) is 6.92 Å². The Hall–Kier alpha value is -3.81. The molecule has 0 saturated carbocycles. The zero-order chi connectivity index (χ0) is 23.7. The van der Waals surface area contributed by atoms with Crippen molar-refractivity contribution in [2.45, 2.75) is 25.9 Å². The minimum Gasteiger partial charge on any atom is -0.508 e. The van der Waals surface area contributed by atoms with E-state index in [9.17, 15) is 9.90 Å². The lowest BCUT2D eigenvalue weighted by Crippen LogP contribution is -2.26. The number of phenols is 1. The molecule has 1 aliphatic heterocycles. The average Bonchev–Trinajstić information content (AvgIpc) is 3.52. The highest BCUT2D eigenvalue weighted by Crippen LogP contribution is 2.39. The molecule has 1 atom stereocenters. The molecular weight excluding hydrogens is 444 g/mol. The fraction of sp³-hybridized carbons (Fsp3) is 0.148. The van der Waals surface area contributed by atoms with Crippen molar-refractivity contribution in [2.75, 3.05) is 0 Å². The molecule has 34 heavy (non-hydrogen) atoms. The van der Waals surface area contributed by atoms with Gasteiger partial charge in [0.1, 0.15) is 5.75 Å². The Morgan fingerprint density at radius 2 is 2.00 bits per heavy atom. The molecule has 0 fully saturated rings. The summed E-state index contributed by atoms with van der Waals surface area (Å²) in [5, 5.41) is 16.7. The summed E-state index contributed by atoms with van der Waals surface area (Å²) < 4.78 is 0. The van der Waals surface area contributed by atoms with Crippen LogP contribution in [0.2, 0.25) is 0 Å². The van der Waals surface area contributed by atoms with Gasteiger partial charge < -0.3 is 10.8 Å². The van der Waals surface area contributed by atoms with Gasteiger partial charge in [-0.3, -0.25) is 9.78 Å². The molecule has 5 rings (SSSR count). The molecule has 1 amide bonds. The average molecular weight is 469 g/mol. The Morgan fingerprint density at radius 1 is 1.15 bits per heavy atom. The number of amides is 1. The lowest BCUT2D eigenvalue weighted by atomic mass is 9.98. The molecular formula is C27H24N4O2S. The third kappa shape index (κ3) is 4.11. The van der Waals surface area contributed by atoms with E-state index >= 15 is 0 Å². The Kier molecular flexibility index (Phi) is 5.96. The standard InChI is InChI=1S/C27H24N4O2S/c1-17-13-18(15-28)8-9-20(17)25-10-11-26(34-25)27(33)31-23(21-6-2-3-7-24(21)32)14-22(30-31)19-5-4-12-29-16-19/h2-13,16,23,32H,14-15,28H2,1H3. The maximum Gasteiger partial charge on any atom is 0.284 e. The SMILES string of the molecule is Cc1cc(CN)ccc1-c1ccc(C(=O)N2N=C(c3cccnc3)CC2c2ccccc2O)s1. The molecule has 1 aliphatic rings. The topological polar surface area (TPSA) is 91.8 Å². The van der Waals surface area contributed by atoms with Crippen LogP contribution in [0.3, 0.4) is 0 Å². The first kappa shape index (κ1) is 22.0. The first-order valence-corrected chi connectivity index (χ1v) is 11.9. The minimum atomic E-state index is -0.403. The van der Waals surface area contributed by atoms with E-state index < -0.39 is 6.04 Å². The van der Waals surface area contributed by atoms with E-state index in [4.69, 9.17) is 10.8 Å². The number of nitrogens with zero attached hydrogens (tertiary/aromatic N) is 3. The molecule has 4 aromatic rings. The molecule has 0 spiro atoms. The Balaban J connectivity index is 1.50. The summed E-state index contributed by atoms with van der Waals surface area (Å²) in [4.78, 5) is 19.5. The van der Waals surface area contributed by atoms with Crippen LogP contribution < -0.4 is 5.73 Å². The number of aromatic hydroxyl groups is 1. The van der Waals surface area contributed by atoms with Crippen LogP contribution in [-0.4, -0.2) is 26.7 Å². The Morgan fingerprint density at radius 3 is 2.74 bits per heavy atom. The van der Waals surface area contributed by atoms with Gasteiger partial charge in [0.25, 0.3) is 5.91 Å². The summed E-state index contributed by atoms with van der Waals surface area (Å²) >= 11 is 1.44. The number of nitrogens with two attached hydrogens (primary N) is 1. The molecule has 1 unspecified atom stereocenters. The van der Waals surface area contributed by atoms with Gasteiger partial charge in [0.2, 0.25) is 0 Å². The van der Waals surface area contributed by atoms with Crippen molar-refractivity contribution in [3.8, 4) is 16.2 Å². The lowest BCUT2D eigenvalue weighted by Gasteiger charge is -2.22. The maximum atomic E-state index is 13.7. The number of benzene rings is 2. The van der Waals surface area contributed by atoms with Crippen LogP contribution in [0.25, 0.3) is 10.4 Å². The molecule has 3 heterocycles. The number of carbonyl (C=O) groups excluding carboxylic acids is 1. The van der Waals surface area contributed by atoms with Gasteiger partial charge in [-0.05, 0) is 47.9 Å². The van der Waals surface area contributed by atoms with Gasteiger partial charge in [0.15, 0.2) is 0 Å². The molecule has 170 valence electrons. The second kappa shape index (κ2) is 9.21. The van der Waals surface area contributed by atoms with E-state index in [1.807, 2.05) is 42.5 Å². The van der Waals surface area contributed by atoms with Crippen LogP contribution in [0.1, 0.15) is 44.4 Å². The summed E-state index contributed by atoms with van der Waals surface area (Å²) in [6, 6.07) is 20.4. The first-order chi connectivity index (χ1) is 16.5. The largest absolute Gasteiger partial charge is 0.508 e. The zero-order valence-electron chi connectivity index (χ0n) is 18.7. The number of hydrogen-bond donors (Lipinski definition) is 2. The number of pyridine rings is 1. The number of aryl methyl sites for hydroxylation is 1.